The summed E-state index contributed by atoms with van der Waals surface area (Å²) in [7, 11) is 0. The molecule has 0 fully saturated rings. The largest absolute Gasteiger partial charge is 0.494 e. The molecule has 0 radical (unpaired) electrons. The van der Waals surface area contributed by atoms with Crippen LogP contribution in [0.1, 0.15) is 25.0 Å². The molecule has 0 aliphatic carbocycles. The Labute approximate surface area is 154 Å². The van der Waals surface area contributed by atoms with E-state index in [4.69, 9.17) is 16.3 Å². The summed E-state index contributed by atoms with van der Waals surface area (Å²) in [6, 6.07) is 11.8. The third kappa shape index (κ3) is 7.01. The van der Waals surface area contributed by atoms with Crippen LogP contribution in [0, 0.1) is 0 Å². The zero-order valence-electron chi connectivity index (χ0n) is 14.8. The van der Waals surface area contributed by atoms with Crippen molar-refractivity contribution < 1.29 is 4.74 Å². The van der Waals surface area contributed by atoms with Crippen molar-refractivity contribution in [3.63, 3.8) is 0 Å². The van der Waals surface area contributed by atoms with Gasteiger partial charge in [0.05, 0.1) is 13.2 Å². The summed E-state index contributed by atoms with van der Waals surface area (Å²) >= 11 is 5.80. The summed E-state index contributed by atoms with van der Waals surface area (Å²) < 4.78 is 5.53. The normalized spacial score (nSPS) is 11.2. The molecule has 0 saturated carbocycles. The first kappa shape index (κ1) is 19.1. The van der Waals surface area contributed by atoms with E-state index in [-0.39, 0.29) is 0 Å². The molecule has 2 N–H and O–H groups in total. The fourth-order valence-corrected chi connectivity index (χ4v) is 2.40. The van der Waals surface area contributed by atoms with Crippen molar-refractivity contribution in [3.05, 3.63) is 58.9 Å². The van der Waals surface area contributed by atoms with Crippen LogP contribution >= 0.6 is 11.6 Å². The summed E-state index contributed by atoms with van der Waals surface area (Å²) in [5.41, 5.74) is 2.25. The molecule has 0 saturated heterocycles. The second-order valence-corrected chi connectivity index (χ2v) is 5.83. The molecule has 2 aromatic rings. The third-order valence-corrected chi connectivity index (χ3v) is 3.69. The van der Waals surface area contributed by atoms with E-state index in [1.807, 2.05) is 37.3 Å². The van der Waals surface area contributed by atoms with Crippen LogP contribution in [-0.2, 0) is 13.0 Å². The number of halogens is 1. The van der Waals surface area contributed by atoms with Gasteiger partial charge in [0.1, 0.15) is 10.9 Å². The number of rotatable bonds is 8. The average Bonchev–Trinajstić information content (AvgIpc) is 2.62. The van der Waals surface area contributed by atoms with Crippen molar-refractivity contribution in [2.75, 3.05) is 19.7 Å². The summed E-state index contributed by atoms with van der Waals surface area (Å²) in [5, 5.41) is 7.11. The number of ether oxygens (including phenoxy) is 1. The van der Waals surface area contributed by atoms with Crippen LogP contribution in [0.2, 0.25) is 5.15 Å². The standard InChI is InChI=1S/C19H25ClN4O/c1-3-21-19(22-11-10-15-8-9-18(20)23-13-15)24-14-16-6-5-7-17(12-16)25-4-2/h5-9,12-13H,3-4,10-11,14H2,1-2H3,(H2,21,22,24). The van der Waals surface area contributed by atoms with Gasteiger partial charge in [-0.05, 0) is 49.6 Å². The molecule has 134 valence electrons. The average molecular weight is 361 g/mol. The first-order valence-electron chi connectivity index (χ1n) is 8.55. The monoisotopic (exact) mass is 360 g/mol. The molecular weight excluding hydrogens is 336 g/mol. The Hall–Kier alpha value is -2.27. The highest BCUT2D eigenvalue weighted by molar-refractivity contribution is 6.29. The van der Waals surface area contributed by atoms with Gasteiger partial charge in [0.15, 0.2) is 5.96 Å². The number of aromatic nitrogens is 1. The maximum atomic E-state index is 5.80. The molecule has 1 aromatic heterocycles. The highest BCUT2D eigenvalue weighted by Gasteiger charge is 2.00. The van der Waals surface area contributed by atoms with Crippen molar-refractivity contribution in [2.45, 2.75) is 26.8 Å². The summed E-state index contributed by atoms with van der Waals surface area (Å²) in [6.07, 6.45) is 2.65. The van der Waals surface area contributed by atoms with Gasteiger partial charge in [-0.25, -0.2) is 9.98 Å². The van der Waals surface area contributed by atoms with Gasteiger partial charge in [0, 0.05) is 19.3 Å². The number of benzene rings is 1. The predicted molar refractivity (Wildman–Crippen MR) is 103 cm³/mol. The highest BCUT2D eigenvalue weighted by atomic mass is 35.5. The lowest BCUT2D eigenvalue weighted by molar-refractivity contribution is 0.340. The molecule has 6 heteroatoms. The SMILES string of the molecule is CCNC(=NCc1cccc(OCC)c1)NCCc1ccc(Cl)nc1. The van der Waals surface area contributed by atoms with Crippen LogP contribution in [0.25, 0.3) is 0 Å². The number of aliphatic imine (C=N–C) groups is 1. The van der Waals surface area contributed by atoms with E-state index in [1.165, 1.54) is 0 Å². The molecule has 2 rings (SSSR count). The molecule has 0 unspecified atom stereocenters. The molecule has 1 heterocycles. The predicted octanol–water partition coefficient (Wildman–Crippen LogP) is 3.43. The third-order valence-electron chi connectivity index (χ3n) is 3.47. The Morgan fingerprint density at radius 3 is 2.76 bits per heavy atom. The van der Waals surface area contributed by atoms with Crippen molar-refractivity contribution in [1.29, 1.82) is 0 Å². The molecule has 25 heavy (non-hydrogen) atoms. The number of guanidine groups is 1. The van der Waals surface area contributed by atoms with Gasteiger partial charge in [0.2, 0.25) is 0 Å². The number of nitrogens with zero attached hydrogens (tertiary/aromatic N) is 2. The minimum Gasteiger partial charge on any atom is -0.494 e. The van der Waals surface area contributed by atoms with E-state index in [1.54, 1.807) is 6.20 Å². The first-order valence-corrected chi connectivity index (χ1v) is 8.93. The lowest BCUT2D eigenvalue weighted by Crippen LogP contribution is -2.38. The molecule has 0 amide bonds. The summed E-state index contributed by atoms with van der Waals surface area (Å²) in [5.74, 6) is 1.68. The number of hydrogen-bond acceptors (Lipinski definition) is 3. The number of hydrogen-bond donors (Lipinski definition) is 2. The smallest absolute Gasteiger partial charge is 0.191 e. The molecular formula is C19H25ClN4O. The minimum absolute atomic E-state index is 0.515. The topological polar surface area (TPSA) is 58.5 Å². The molecule has 0 aliphatic heterocycles. The Bertz CT molecular complexity index is 673. The van der Waals surface area contributed by atoms with E-state index in [2.05, 4.69) is 33.6 Å². The minimum atomic E-state index is 0.515. The van der Waals surface area contributed by atoms with E-state index in [0.717, 1.165) is 42.3 Å². The van der Waals surface area contributed by atoms with Gasteiger partial charge in [-0.3, -0.25) is 0 Å². The van der Waals surface area contributed by atoms with Crippen LogP contribution in [0.5, 0.6) is 5.75 Å². The first-order chi connectivity index (χ1) is 12.2. The maximum absolute atomic E-state index is 5.80. The highest BCUT2D eigenvalue weighted by Crippen LogP contribution is 2.13. The fourth-order valence-electron chi connectivity index (χ4n) is 2.29. The van der Waals surface area contributed by atoms with Gasteiger partial charge >= 0.3 is 0 Å². The lowest BCUT2D eigenvalue weighted by atomic mass is 10.2. The second kappa shape index (κ2) is 10.6. The zero-order chi connectivity index (χ0) is 17.9. The summed E-state index contributed by atoms with van der Waals surface area (Å²) in [6.45, 7) is 6.88. The summed E-state index contributed by atoms with van der Waals surface area (Å²) in [4.78, 5) is 8.72. The van der Waals surface area contributed by atoms with Gasteiger partial charge in [-0.2, -0.15) is 0 Å². The Balaban J connectivity index is 1.89. The Kier molecular flexibility index (Phi) is 8.05. The van der Waals surface area contributed by atoms with E-state index in [9.17, 15) is 0 Å². The number of pyridine rings is 1. The van der Waals surface area contributed by atoms with Gasteiger partial charge in [-0.1, -0.05) is 29.8 Å². The molecule has 0 bridgehead atoms. The van der Waals surface area contributed by atoms with E-state index in [0.29, 0.717) is 18.3 Å². The van der Waals surface area contributed by atoms with Crippen molar-refractivity contribution >= 4 is 17.6 Å². The molecule has 0 spiro atoms. The molecule has 0 aliphatic rings. The van der Waals surface area contributed by atoms with Crippen molar-refractivity contribution in [1.82, 2.24) is 15.6 Å². The molecule has 5 nitrogen and oxygen atoms in total. The van der Waals surface area contributed by atoms with Crippen LogP contribution in [-0.4, -0.2) is 30.6 Å². The van der Waals surface area contributed by atoms with E-state index < -0.39 is 0 Å². The van der Waals surface area contributed by atoms with Crippen LogP contribution in [0.4, 0.5) is 0 Å². The quantitative estimate of drug-likeness (QED) is 0.430. The lowest BCUT2D eigenvalue weighted by Gasteiger charge is -2.11. The van der Waals surface area contributed by atoms with Gasteiger partial charge in [0.25, 0.3) is 0 Å². The molecule has 1 aromatic carbocycles. The van der Waals surface area contributed by atoms with Gasteiger partial charge in [-0.15, -0.1) is 0 Å². The number of nitrogens with one attached hydrogen (secondary N) is 2. The van der Waals surface area contributed by atoms with Crippen molar-refractivity contribution in [2.24, 2.45) is 4.99 Å². The second-order valence-electron chi connectivity index (χ2n) is 5.44. The van der Waals surface area contributed by atoms with Gasteiger partial charge < -0.3 is 15.4 Å². The Morgan fingerprint density at radius 2 is 2.04 bits per heavy atom. The Morgan fingerprint density at radius 1 is 1.16 bits per heavy atom. The zero-order valence-corrected chi connectivity index (χ0v) is 15.5. The van der Waals surface area contributed by atoms with Crippen LogP contribution in [0.15, 0.2) is 47.6 Å². The molecule has 0 atom stereocenters. The van der Waals surface area contributed by atoms with Crippen molar-refractivity contribution in [3.8, 4) is 5.75 Å². The van der Waals surface area contributed by atoms with Crippen LogP contribution < -0.4 is 15.4 Å². The maximum Gasteiger partial charge on any atom is 0.191 e. The fraction of sp³-hybridized carbons (Fsp3) is 0.368. The van der Waals surface area contributed by atoms with Crippen LogP contribution in [0.3, 0.4) is 0 Å². The van der Waals surface area contributed by atoms with E-state index >= 15 is 0 Å².